The molecule has 3 heterocycles. The average Bonchev–Trinajstić information content (AvgIpc) is 2.99. The first-order chi connectivity index (χ1) is 12.4. The molecule has 2 aromatic rings. The van der Waals surface area contributed by atoms with Crippen LogP contribution in [0.4, 0.5) is 0 Å². The fourth-order valence-electron chi connectivity index (χ4n) is 3.49. The normalized spacial score (nSPS) is 19.2. The Hall–Kier alpha value is -1.77. The molecule has 1 fully saturated rings. The number of piperidine rings is 1. The molecule has 1 aliphatic heterocycles. The quantitative estimate of drug-likeness (QED) is 0.765. The van der Waals surface area contributed by atoms with E-state index in [1.165, 1.54) is 0 Å². The van der Waals surface area contributed by atoms with E-state index in [1.807, 2.05) is 18.2 Å². The lowest BCUT2D eigenvalue weighted by Gasteiger charge is -2.36. The minimum atomic E-state index is -3.58. The Morgan fingerprint density at radius 3 is 2.81 bits per heavy atom. The predicted octanol–water partition coefficient (Wildman–Crippen LogP) is 2.01. The van der Waals surface area contributed by atoms with E-state index in [0.29, 0.717) is 24.5 Å². The van der Waals surface area contributed by atoms with Crippen molar-refractivity contribution in [3.8, 4) is 0 Å². The Balaban J connectivity index is 1.67. The molecule has 1 atom stereocenters. The summed E-state index contributed by atoms with van der Waals surface area (Å²) in [7, 11) is -1.52. The van der Waals surface area contributed by atoms with Crippen LogP contribution in [0, 0.1) is 13.8 Å². The highest BCUT2D eigenvalue weighted by molar-refractivity contribution is 7.89. The summed E-state index contributed by atoms with van der Waals surface area (Å²) in [4.78, 5) is 6.81. The number of hydrogen-bond donors (Lipinski definition) is 0. The van der Waals surface area contributed by atoms with Gasteiger partial charge in [0, 0.05) is 44.0 Å². The first-order valence-corrected chi connectivity index (χ1v) is 10.4. The van der Waals surface area contributed by atoms with E-state index in [-0.39, 0.29) is 10.9 Å². The minimum Gasteiger partial charge on any atom is -0.360 e. The maximum Gasteiger partial charge on any atom is 0.248 e. The molecule has 0 saturated carbocycles. The summed E-state index contributed by atoms with van der Waals surface area (Å²) in [6.07, 6.45) is 4.49. The number of pyridine rings is 1. The van der Waals surface area contributed by atoms with Crippen molar-refractivity contribution < 1.29 is 12.9 Å². The van der Waals surface area contributed by atoms with Gasteiger partial charge in [0.15, 0.2) is 5.76 Å². The zero-order chi connectivity index (χ0) is 18.7. The fourth-order valence-corrected chi connectivity index (χ4v) is 5.30. The van der Waals surface area contributed by atoms with Crippen LogP contribution in [0.5, 0.6) is 0 Å². The van der Waals surface area contributed by atoms with Crippen LogP contribution in [0.3, 0.4) is 0 Å². The molecule has 8 heteroatoms. The summed E-state index contributed by atoms with van der Waals surface area (Å²) in [5.41, 5.74) is 1.48. The molecule has 1 saturated heterocycles. The molecule has 0 amide bonds. The van der Waals surface area contributed by atoms with Crippen molar-refractivity contribution in [2.24, 2.45) is 0 Å². The van der Waals surface area contributed by atoms with Gasteiger partial charge in [0.2, 0.25) is 10.0 Å². The molecule has 2 aromatic heterocycles. The van der Waals surface area contributed by atoms with Crippen LogP contribution < -0.4 is 0 Å². The third kappa shape index (κ3) is 3.97. The number of sulfonamides is 1. The lowest BCUT2D eigenvalue weighted by molar-refractivity contribution is 0.164. The maximum atomic E-state index is 13.0. The molecule has 142 valence electrons. The number of nitrogens with zero attached hydrogens (tertiary/aromatic N) is 4. The van der Waals surface area contributed by atoms with Gasteiger partial charge in [0.1, 0.15) is 10.6 Å². The van der Waals surface area contributed by atoms with Gasteiger partial charge >= 0.3 is 0 Å². The predicted molar refractivity (Wildman–Crippen MR) is 98.3 cm³/mol. The van der Waals surface area contributed by atoms with Crippen molar-refractivity contribution in [2.45, 2.75) is 44.0 Å². The Morgan fingerprint density at radius 2 is 2.15 bits per heavy atom. The maximum absolute atomic E-state index is 13.0. The van der Waals surface area contributed by atoms with Gasteiger partial charge in [-0.05, 0) is 45.9 Å². The van der Waals surface area contributed by atoms with Crippen molar-refractivity contribution in [1.29, 1.82) is 0 Å². The molecule has 0 aromatic carbocycles. The molecule has 0 bridgehead atoms. The zero-order valence-corrected chi connectivity index (χ0v) is 16.4. The van der Waals surface area contributed by atoms with Gasteiger partial charge in [0.25, 0.3) is 0 Å². The van der Waals surface area contributed by atoms with E-state index in [9.17, 15) is 8.42 Å². The van der Waals surface area contributed by atoms with E-state index < -0.39 is 10.0 Å². The van der Waals surface area contributed by atoms with Crippen LogP contribution in [0.2, 0.25) is 0 Å². The number of rotatable bonds is 6. The minimum absolute atomic E-state index is 0.197. The molecule has 0 N–H and O–H groups in total. The van der Waals surface area contributed by atoms with E-state index in [1.54, 1.807) is 24.3 Å². The number of likely N-dealkylation sites (N-methyl/N-ethyl adjacent to an activating group) is 1. The third-order valence-electron chi connectivity index (χ3n) is 5.00. The second-order valence-electron chi connectivity index (χ2n) is 6.86. The van der Waals surface area contributed by atoms with Crippen molar-refractivity contribution in [3.63, 3.8) is 0 Å². The Kier molecular flexibility index (Phi) is 5.74. The second-order valence-corrected chi connectivity index (χ2v) is 8.74. The van der Waals surface area contributed by atoms with E-state index >= 15 is 0 Å². The fraction of sp³-hybridized carbons (Fsp3) is 0.556. The van der Waals surface area contributed by atoms with Crippen molar-refractivity contribution in [1.82, 2.24) is 19.3 Å². The smallest absolute Gasteiger partial charge is 0.248 e. The summed E-state index contributed by atoms with van der Waals surface area (Å²) < 4.78 is 32.7. The van der Waals surface area contributed by atoms with Crippen LogP contribution in [0.25, 0.3) is 0 Å². The molecule has 7 nitrogen and oxygen atoms in total. The highest BCUT2D eigenvalue weighted by Gasteiger charge is 2.35. The van der Waals surface area contributed by atoms with E-state index in [2.05, 4.69) is 22.1 Å². The summed E-state index contributed by atoms with van der Waals surface area (Å²) in [5.74, 6) is 0.355. The molecule has 26 heavy (non-hydrogen) atoms. The largest absolute Gasteiger partial charge is 0.360 e. The lowest BCUT2D eigenvalue weighted by atomic mass is 10.1. The van der Waals surface area contributed by atoms with Crippen LogP contribution in [0.15, 0.2) is 33.8 Å². The highest BCUT2D eigenvalue weighted by Crippen LogP contribution is 2.27. The molecule has 0 spiro atoms. The van der Waals surface area contributed by atoms with Gasteiger partial charge < -0.3 is 9.42 Å². The summed E-state index contributed by atoms with van der Waals surface area (Å²) in [6, 6.07) is 6.11. The van der Waals surface area contributed by atoms with Gasteiger partial charge in [-0.25, -0.2) is 8.42 Å². The first-order valence-electron chi connectivity index (χ1n) is 8.92. The standard InChI is InChI=1S/C18H26N4O3S/c1-14-18(15(2)25-20-14)26(23,24)22-11-6-8-17(13-22)21(3)12-9-16-7-4-5-10-19-16/h4-5,7,10,17H,6,8-9,11-13H2,1-3H3. The molecular formula is C18H26N4O3S. The van der Waals surface area contributed by atoms with Crippen LogP contribution in [-0.4, -0.2) is 60.5 Å². The highest BCUT2D eigenvalue weighted by atomic mass is 32.2. The number of aromatic nitrogens is 2. The lowest BCUT2D eigenvalue weighted by Crippen LogP contribution is -2.49. The molecule has 0 radical (unpaired) electrons. The number of aryl methyl sites for hydroxylation is 2. The van der Waals surface area contributed by atoms with Crippen LogP contribution >= 0.6 is 0 Å². The Bertz CT molecular complexity index is 816. The second kappa shape index (κ2) is 7.85. The summed E-state index contributed by atoms with van der Waals surface area (Å²) in [6.45, 7) is 5.19. The van der Waals surface area contributed by atoms with Gasteiger partial charge in [-0.2, -0.15) is 4.31 Å². The van der Waals surface area contributed by atoms with Crippen LogP contribution in [0.1, 0.15) is 30.0 Å². The third-order valence-corrected chi connectivity index (χ3v) is 7.11. The molecule has 3 rings (SSSR count). The molecule has 1 aliphatic rings. The SMILES string of the molecule is Cc1noc(C)c1S(=O)(=O)N1CCCC(N(C)CCc2ccccn2)C1. The Labute approximate surface area is 155 Å². The van der Waals surface area contributed by atoms with Gasteiger partial charge in [-0.3, -0.25) is 4.98 Å². The molecule has 1 unspecified atom stereocenters. The van der Waals surface area contributed by atoms with E-state index in [0.717, 1.165) is 31.5 Å². The molecular weight excluding hydrogens is 352 g/mol. The summed E-state index contributed by atoms with van der Waals surface area (Å²) in [5, 5.41) is 3.80. The van der Waals surface area contributed by atoms with Gasteiger partial charge in [-0.15, -0.1) is 0 Å². The first kappa shape index (κ1) is 19.0. The van der Waals surface area contributed by atoms with Crippen molar-refractivity contribution in [3.05, 3.63) is 41.5 Å². The number of hydrogen-bond acceptors (Lipinski definition) is 6. The molecule has 0 aliphatic carbocycles. The zero-order valence-electron chi connectivity index (χ0n) is 15.6. The monoisotopic (exact) mass is 378 g/mol. The van der Waals surface area contributed by atoms with Crippen LogP contribution in [-0.2, 0) is 16.4 Å². The van der Waals surface area contributed by atoms with Gasteiger partial charge in [0.05, 0.1) is 0 Å². The topological polar surface area (TPSA) is 79.5 Å². The average molecular weight is 378 g/mol. The van der Waals surface area contributed by atoms with Crippen molar-refractivity contribution >= 4 is 10.0 Å². The van der Waals surface area contributed by atoms with E-state index in [4.69, 9.17) is 4.52 Å². The van der Waals surface area contributed by atoms with Crippen molar-refractivity contribution in [2.75, 3.05) is 26.7 Å². The Morgan fingerprint density at radius 1 is 1.35 bits per heavy atom. The summed E-state index contributed by atoms with van der Waals surface area (Å²) >= 11 is 0. The van der Waals surface area contributed by atoms with Gasteiger partial charge in [-0.1, -0.05) is 11.2 Å².